The number of aromatic amines is 1. The Morgan fingerprint density at radius 2 is 1.78 bits per heavy atom. The Labute approximate surface area is 163 Å². The maximum absolute atomic E-state index is 12.4. The summed E-state index contributed by atoms with van der Waals surface area (Å²) in [6, 6.07) is 13.4. The number of rotatable bonds is 6. The lowest BCUT2D eigenvalue weighted by atomic mass is 10.2. The van der Waals surface area contributed by atoms with Crippen LogP contribution in [0.5, 0.6) is 0 Å². The highest BCUT2D eigenvalue weighted by atomic mass is 32.2. The van der Waals surface area contributed by atoms with Crippen molar-refractivity contribution in [3.05, 3.63) is 47.0 Å². The first-order valence-corrected chi connectivity index (χ1v) is 9.13. The van der Waals surface area contributed by atoms with Gasteiger partial charge in [-0.15, -0.1) is 0 Å². The largest absolute Gasteiger partial charge is 0.378 e. The zero-order chi connectivity index (χ0) is 20.0. The first-order chi connectivity index (χ1) is 12.8. The highest BCUT2D eigenvalue weighted by molar-refractivity contribution is 7.99. The second kappa shape index (κ2) is 8.93. The number of aromatic nitrogens is 1. The molecule has 0 aliphatic carbocycles. The van der Waals surface area contributed by atoms with E-state index in [0.29, 0.717) is 17.1 Å². The normalized spacial score (nSPS) is 9.96. The topological polar surface area (TPSA) is 111 Å². The Morgan fingerprint density at radius 1 is 1.15 bits per heavy atom. The van der Waals surface area contributed by atoms with Crippen LogP contribution in [0.25, 0.3) is 0 Å². The Balaban J connectivity index is 2.00. The summed E-state index contributed by atoms with van der Waals surface area (Å²) in [5.41, 5.74) is 8.39. The molecule has 8 heteroatoms. The van der Waals surface area contributed by atoms with Gasteiger partial charge in [0.1, 0.15) is 23.3 Å². The standard InChI is InChI=1S/C19H20N6OS/c1-24(2)16-6-4-13(5-7-16)11-25(3)17(26)12-27-19-15(10-21)8-14(9-20)18(22)23-19/h4-8H,11-12H2,1-3H3,(H2,22,23)/p+1. The lowest BCUT2D eigenvalue weighted by Crippen LogP contribution is -2.28. The third-order valence-corrected chi connectivity index (χ3v) is 4.95. The van der Waals surface area contributed by atoms with E-state index in [0.717, 1.165) is 11.3 Å². The van der Waals surface area contributed by atoms with E-state index < -0.39 is 0 Å². The molecule has 1 amide bonds. The number of hydrogen-bond acceptors (Lipinski definition) is 6. The van der Waals surface area contributed by atoms with Gasteiger partial charge in [0.25, 0.3) is 5.82 Å². The predicted octanol–water partition coefficient (Wildman–Crippen LogP) is 1.64. The smallest absolute Gasteiger partial charge is 0.289 e. The summed E-state index contributed by atoms with van der Waals surface area (Å²) in [6.45, 7) is 0.497. The lowest BCUT2D eigenvalue weighted by Gasteiger charge is -2.18. The monoisotopic (exact) mass is 381 g/mol. The Bertz CT molecular complexity index is 912. The van der Waals surface area contributed by atoms with Crippen LogP contribution in [0, 0.1) is 22.7 Å². The number of amides is 1. The Morgan fingerprint density at radius 3 is 2.33 bits per heavy atom. The van der Waals surface area contributed by atoms with Gasteiger partial charge in [0.2, 0.25) is 5.91 Å². The molecule has 1 aromatic carbocycles. The molecule has 0 radical (unpaired) electrons. The van der Waals surface area contributed by atoms with E-state index in [1.807, 2.05) is 55.4 Å². The lowest BCUT2D eigenvalue weighted by molar-refractivity contribution is -0.410. The molecule has 27 heavy (non-hydrogen) atoms. The molecule has 0 spiro atoms. The van der Waals surface area contributed by atoms with Crippen LogP contribution >= 0.6 is 11.8 Å². The van der Waals surface area contributed by atoms with Crippen molar-refractivity contribution >= 4 is 29.2 Å². The minimum absolute atomic E-state index is 0.0723. The summed E-state index contributed by atoms with van der Waals surface area (Å²) in [7, 11) is 5.69. The van der Waals surface area contributed by atoms with E-state index >= 15 is 0 Å². The molecule has 0 aliphatic heterocycles. The fourth-order valence-electron chi connectivity index (χ4n) is 2.34. The number of nitriles is 2. The van der Waals surface area contributed by atoms with Gasteiger partial charge in [-0.25, -0.2) is 4.98 Å². The highest BCUT2D eigenvalue weighted by Crippen LogP contribution is 2.21. The summed E-state index contributed by atoms with van der Waals surface area (Å²) >= 11 is 1.19. The van der Waals surface area contributed by atoms with Crippen molar-refractivity contribution in [3.63, 3.8) is 0 Å². The summed E-state index contributed by atoms with van der Waals surface area (Å²) in [5, 5.41) is 18.7. The molecule has 2 rings (SSSR count). The maximum atomic E-state index is 12.4. The second-order valence-corrected chi connectivity index (χ2v) is 7.15. The van der Waals surface area contributed by atoms with E-state index in [-0.39, 0.29) is 23.0 Å². The Kier molecular flexibility index (Phi) is 6.64. The van der Waals surface area contributed by atoms with Crippen LogP contribution < -0.4 is 15.6 Å². The molecule has 0 bridgehead atoms. The van der Waals surface area contributed by atoms with E-state index in [1.54, 1.807) is 11.9 Å². The molecular weight excluding hydrogens is 360 g/mol. The van der Waals surface area contributed by atoms with Gasteiger partial charge in [-0.2, -0.15) is 10.5 Å². The molecule has 0 fully saturated rings. The fraction of sp³-hybridized carbons (Fsp3) is 0.263. The Hall–Kier alpha value is -3.23. The molecule has 138 valence electrons. The zero-order valence-corrected chi connectivity index (χ0v) is 16.3. The average molecular weight is 381 g/mol. The van der Waals surface area contributed by atoms with E-state index in [2.05, 4.69) is 4.98 Å². The summed E-state index contributed by atoms with van der Waals surface area (Å²) < 4.78 is 0. The SMILES string of the molecule is CN(Cc1ccc(N(C)C)cc1)C(=O)CSc1[nH+]c(N)c(C#N)cc1C#N. The number of anilines is 2. The van der Waals surface area contributed by atoms with Crippen molar-refractivity contribution in [2.75, 3.05) is 37.5 Å². The minimum atomic E-state index is -0.0723. The number of carbonyl (C=O) groups is 1. The van der Waals surface area contributed by atoms with Crippen molar-refractivity contribution in [2.45, 2.75) is 11.6 Å². The number of pyridine rings is 1. The first kappa shape index (κ1) is 20.1. The fourth-order valence-corrected chi connectivity index (χ4v) is 3.27. The van der Waals surface area contributed by atoms with Gasteiger partial charge in [-0.1, -0.05) is 23.9 Å². The van der Waals surface area contributed by atoms with Crippen LogP contribution in [0.3, 0.4) is 0 Å². The van der Waals surface area contributed by atoms with Gasteiger partial charge in [-0.05, 0) is 23.8 Å². The molecule has 0 atom stereocenters. The van der Waals surface area contributed by atoms with Crippen molar-refractivity contribution in [1.82, 2.24) is 4.90 Å². The number of nitrogens with one attached hydrogen (secondary N) is 1. The summed E-state index contributed by atoms with van der Waals surface area (Å²) in [5.74, 6) is 0.265. The summed E-state index contributed by atoms with van der Waals surface area (Å²) in [6.07, 6.45) is 0. The molecule has 7 nitrogen and oxygen atoms in total. The number of nitrogens with zero attached hydrogens (tertiary/aromatic N) is 4. The second-order valence-electron chi connectivity index (χ2n) is 6.16. The quantitative estimate of drug-likeness (QED) is 0.762. The molecule has 3 N–H and O–H groups in total. The zero-order valence-electron chi connectivity index (χ0n) is 15.5. The van der Waals surface area contributed by atoms with Gasteiger partial charge in [0, 0.05) is 33.4 Å². The molecule has 0 saturated heterocycles. The maximum Gasteiger partial charge on any atom is 0.289 e. The van der Waals surface area contributed by atoms with Gasteiger partial charge in [0.15, 0.2) is 5.03 Å². The summed E-state index contributed by atoms with van der Waals surface area (Å²) in [4.78, 5) is 18.9. The van der Waals surface area contributed by atoms with Crippen LogP contribution in [0.4, 0.5) is 11.5 Å². The third kappa shape index (κ3) is 5.13. The van der Waals surface area contributed by atoms with Crippen molar-refractivity contribution < 1.29 is 9.78 Å². The molecule has 1 aromatic heterocycles. The molecule has 1 heterocycles. The molecule has 0 unspecified atom stereocenters. The van der Waals surface area contributed by atoms with Gasteiger partial charge >= 0.3 is 0 Å². The van der Waals surface area contributed by atoms with E-state index in [1.165, 1.54) is 17.8 Å². The van der Waals surface area contributed by atoms with Crippen LogP contribution in [0.15, 0.2) is 35.4 Å². The van der Waals surface area contributed by atoms with Crippen LogP contribution in [0.2, 0.25) is 0 Å². The number of carbonyl (C=O) groups excluding carboxylic acids is 1. The molecule has 0 saturated carbocycles. The van der Waals surface area contributed by atoms with Gasteiger partial charge in [-0.3, -0.25) is 10.5 Å². The van der Waals surface area contributed by atoms with Crippen LogP contribution in [0.1, 0.15) is 16.7 Å². The number of thioether (sulfide) groups is 1. The molecular formula is C19H21N6OS+. The van der Waals surface area contributed by atoms with Crippen molar-refractivity contribution in [3.8, 4) is 12.1 Å². The number of nitrogens with two attached hydrogens (primary N) is 1. The van der Waals surface area contributed by atoms with Crippen molar-refractivity contribution in [2.24, 2.45) is 0 Å². The van der Waals surface area contributed by atoms with Crippen molar-refractivity contribution in [1.29, 1.82) is 10.5 Å². The number of nitrogen functional groups attached to an aromatic ring is 1. The van der Waals surface area contributed by atoms with Crippen LogP contribution in [-0.2, 0) is 11.3 Å². The number of H-pyrrole nitrogens is 1. The first-order valence-electron chi connectivity index (χ1n) is 8.14. The van der Waals surface area contributed by atoms with E-state index in [4.69, 9.17) is 11.0 Å². The molecule has 2 aromatic rings. The highest BCUT2D eigenvalue weighted by Gasteiger charge is 2.17. The third-order valence-electron chi connectivity index (χ3n) is 3.95. The van der Waals surface area contributed by atoms with E-state index in [9.17, 15) is 10.1 Å². The van der Waals surface area contributed by atoms with Crippen LogP contribution in [-0.4, -0.2) is 37.7 Å². The van der Waals surface area contributed by atoms with Gasteiger partial charge < -0.3 is 9.80 Å². The predicted molar refractivity (Wildman–Crippen MR) is 105 cm³/mol. The number of benzene rings is 1. The number of hydrogen-bond donors (Lipinski definition) is 1. The molecule has 0 aliphatic rings. The average Bonchev–Trinajstić information content (AvgIpc) is 2.66. The minimum Gasteiger partial charge on any atom is -0.378 e. The van der Waals surface area contributed by atoms with Gasteiger partial charge in [0.05, 0.1) is 5.75 Å².